The Kier molecular flexibility index (Phi) is 4.26. The molecule has 1 N–H and O–H groups in total. The summed E-state index contributed by atoms with van der Waals surface area (Å²) in [5.41, 5.74) is -0.329. The van der Waals surface area contributed by atoms with Crippen LogP contribution >= 0.6 is 22.9 Å². The van der Waals surface area contributed by atoms with Crippen LogP contribution in [0.4, 0.5) is 0 Å². The molecule has 4 nitrogen and oxygen atoms in total. The third-order valence-corrected chi connectivity index (χ3v) is 5.92. The number of thiophene rings is 1. The van der Waals surface area contributed by atoms with E-state index in [1.165, 1.54) is 7.05 Å². The zero-order chi connectivity index (χ0) is 13.4. The maximum absolute atomic E-state index is 12.1. The Morgan fingerprint density at radius 3 is 2.41 bits per heavy atom. The second-order valence-electron chi connectivity index (χ2n) is 4.60. The van der Waals surface area contributed by atoms with Crippen LogP contribution in [0.15, 0.2) is 10.3 Å². The van der Waals surface area contributed by atoms with Crippen LogP contribution in [-0.4, -0.2) is 37.0 Å². The highest BCUT2D eigenvalue weighted by molar-refractivity contribution is 7.91. The second kappa shape index (κ2) is 4.85. The van der Waals surface area contributed by atoms with E-state index in [4.69, 9.17) is 11.6 Å². The molecule has 0 fully saturated rings. The molecule has 0 aliphatic heterocycles. The van der Waals surface area contributed by atoms with E-state index >= 15 is 0 Å². The number of rotatable bonds is 4. The van der Waals surface area contributed by atoms with Gasteiger partial charge in [0.1, 0.15) is 4.21 Å². The average molecular weight is 298 g/mol. The van der Waals surface area contributed by atoms with Crippen LogP contribution in [0.3, 0.4) is 0 Å². The third kappa shape index (κ3) is 3.66. The Labute approximate surface area is 111 Å². The Bertz CT molecular complexity index is 483. The van der Waals surface area contributed by atoms with Gasteiger partial charge in [-0.25, -0.2) is 8.42 Å². The van der Waals surface area contributed by atoms with Gasteiger partial charge in [-0.3, -0.25) is 0 Å². The van der Waals surface area contributed by atoms with E-state index in [2.05, 4.69) is 0 Å². The van der Waals surface area contributed by atoms with E-state index < -0.39 is 15.6 Å². The molecule has 1 rings (SSSR count). The minimum atomic E-state index is -3.57. The maximum Gasteiger partial charge on any atom is 0.252 e. The average Bonchev–Trinajstić information content (AvgIpc) is 2.44. The van der Waals surface area contributed by atoms with E-state index in [-0.39, 0.29) is 10.8 Å². The normalized spacial score (nSPS) is 13.4. The van der Waals surface area contributed by atoms with Crippen molar-refractivity contribution in [2.24, 2.45) is 0 Å². The third-order valence-electron chi connectivity index (χ3n) is 2.11. The summed E-state index contributed by atoms with van der Waals surface area (Å²) < 4.78 is 26.1. The van der Waals surface area contributed by atoms with Crippen molar-refractivity contribution < 1.29 is 13.5 Å². The van der Waals surface area contributed by atoms with Crippen LogP contribution in [0.1, 0.15) is 19.4 Å². The topological polar surface area (TPSA) is 57.6 Å². The van der Waals surface area contributed by atoms with Crippen molar-refractivity contribution in [2.75, 3.05) is 13.6 Å². The molecule has 0 atom stereocenters. The van der Waals surface area contributed by atoms with Gasteiger partial charge < -0.3 is 5.11 Å². The first-order valence-electron chi connectivity index (χ1n) is 4.99. The Morgan fingerprint density at radius 2 is 2.06 bits per heavy atom. The number of sulfonamides is 1. The molecule has 17 heavy (non-hydrogen) atoms. The predicted octanol–water partition coefficient (Wildman–Crippen LogP) is 2.10. The Morgan fingerprint density at radius 1 is 1.53 bits per heavy atom. The fourth-order valence-electron chi connectivity index (χ4n) is 1.34. The van der Waals surface area contributed by atoms with Gasteiger partial charge in [0.2, 0.25) is 0 Å². The number of aryl methyl sites for hydroxylation is 1. The number of nitrogens with zero attached hydrogens (tertiary/aromatic N) is 1. The molecule has 0 radical (unpaired) electrons. The SMILES string of the molecule is Cc1cc(S(=O)(=O)N(C)CC(C)(C)O)sc1Cl. The lowest BCUT2D eigenvalue weighted by Gasteiger charge is -2.24. The van der Waals surface area contributed by atoms with Gasteiger partial charge in [-0.05, 0) is 32.4 Å². The van der Waals surface area contributed by atoms with E-state index in [1.807, 2.05) is 0 Å². The quantitative estimate of drug-likeness (QED) is 0.926. The highest BCUT2D eigenvalue weighted by Crippen LogP contribution is 2.31. The monoisotopic (exact) mass is 297 g/mol. The van der Waals surface area contributed by atoms with Crippen molar-refractivity contribution in [3.8, 4) is 0 Å². The van der Waals surface area contributed by atoms with Gasteiger partial charge in [0.25, 0.3) is 10.0 Å². The summed E-state index contributed by atoms with van der Waals surface area (Å²) in [6.07, 6.45) is 0. The van der Waals surface area contributed by atoms with Crippen molar-refractivity contribution in [2.45, 2.75) is 30.6 Å². The molecular weight excluding hydrogens is 282 g/mol. The van der Waals surface area contributed by atoms with Crippen LogP contribution in [0, 0.1) is 6.92 Å². The maximum atomic E-state index is 12.1. The predicted molar refractivity (Wildman–Crippen MR) is 70.2 cm³/mol. The fourth-order valence-corrected chi connectivity index (χ4v) is 4.59. The van der Waals surface area contributed by atoms with E-state index in [0.717, 1.165) is 21.2 Å². The van der Waals surface area contributed by atoms with Gasteiger partial charge in [-0.15, -0.1) is 11.3 Å². The molecule has 0 saturated carbocycles. The Hall–Kier alpha value is -0.140. The standard InChI is InChI=1S/C10H16ClNO3S2/c1-7-5-8(16-9(7)11)17(14,15)12(4)6-10(2,3)13/h5,13H,6H2,1-4H3. The summed E-state index contributed by atoms with van der Waals surface area (Å²) in [7, 11) is -2.13. The number of hydrogen-bond acceptors (Lipinski definition) is 4. The van der Waals surface area contributed by atoms with Crippen molar-refractivity contribution >= 4 is 33.0 Å². The van der Waals surface area contributed by atoms with E-state index in [1.54, 1.807) is 26.8 Å². The zero-order valence-electron chi connectivity index (χ0n) is 10.2. The highest BCUT2D eigenvalue weighted by atomic mass is 35.5. The van der Waals surface area contributed by atoms with Gasteiger partial charge in [-0.1, -0.05) is 11.6 Å². The van der Waals surface area contributed by atoms with Crippen LogP contribution in [0.5, 0.6) is 0 Å². The molecule has 98 valence electrons. The van der Waals surface area contributed by atoms with Crippen molar-refractivity contribution in [3.63, 3.8) is 0 Å². The lowest BCUT2D eigenvalue weighted by molar-refractivity contribution is 0.0640. The molecule has 0 spiro atoms. The number of aliphatic hydroxyl groups is 1. The minimum Gasteiger partial charge on any atom is -0.389 e. The molecule has 1 aromatic heterocycles. The molecule has 0 aliphatic rings. The van der Waals surface area contributed by atoms with Crippen molar-refractivity contribution in [3.05, 3.63) is 16.0 Å². The molecule has 0 saturated heterocycles. The van der Waals surface area contributed by atoms with Crippen LogP contribution in [-0.2, 0) is 10.0 Å². The van der Waals surface area contributed by atoms with Crippen LogP contribution in [0.2, 0.25) is 4.34 Å². The van der Waals surface area contributed by atoms with Gasteiger partial charge in [0, 0.05) is 13.6 Å². The molecule has 0 amide bonds. The summed E-state index contributed by atoms with van der Waals surface area (Å²) in [6.45, 7) is 4.91. The molecule has 0 bridgehead atoms. The summed E-state index contributed by atoms with van der Waals surface area (Å²) in [6, 6.07) is 1.54. The Balaban J connectivity index is 3.03. The van der Waals surface area contributed by atoms with Gasteiger partial charge in [0.05, 0.1) is 9.94 Å². The largest absolute Gasteiger partial charge is 0.389 e. The lowest BCUT2D eigenvalue weighted by atomic mass is 10.1. The molecule has 1 aromatic rings. The molecular formula is C10H16ClNO3S2. The second-order valence-corrected chi connectivity index (χ2v) is 8.52. The first-order chi connectivity index (χ1) is 7.54. The number of hydrogen-bond donors (Lipinski definition) is 1. The smallest absolute Gasteiger partial charge is 0.252 e. The van der Waals surface area contributed by atoms with Crippen molar-refractivity contribution in [1.29, 1.82) is 0 Å². The summed E-state index contributed by atoms with van der Waals surface area (Å²) in [5.74, 6) is 0. The highest BCUT2D eigenvalue weighted by Gasteiger charge is 2.28. The van der Waals surface area contributed by atoms with E-state index in [0.29, 0.717) is 4.34 Å². The summed E-state index contributed by atoms with van der Waals surface area (Å²) in [4.78, 5) is 0. The van der Waals surface area contributed by atoms with Crippen LogP contribution < -0.4 is 0 Å². The minimum absolute atomic E-state index is 0.0316. The first kappa shape index (κ1) is 14.9. The van der Waals surface area contributed by atoms with E-state index in [9.17, 15) is 13.5 Å². The van der Waals surface area contributed by atoms with Gasteiger partial charge in [-0.2, -0.15) is 4.31 Å². The summed E-state index contributed by atoms with van der Waals surface area (Å²) >= 11 is 6.89. The molecule has 1 heterocycles. The number of halogens is 1. The van der Waals surface area contributed by atoms with Gasteiger partial charge >= 0.3 is 0 Å². The van der Waals surface area contributed by atoms with Gasteiger partial charge in [0.15, 0.2) is 0 Å². The first-order valence-corrected chi connectivity index (χ1v) is 7.62. The molecule has 7 heteroatoms. The van der Waals surface area contributed by atoms with Crippen LogP contribution in [0.25, 0.3) is 0 Å². The zero-order valence-corrected chi connectivity index (χ0v) is 12.6. The fraction of sp³-hybridized carbons (Fsp3) is 0.600. The molecule has 0 unspecified atom stereocenters. The van der Waals surface area contributed by atoms with Crippen molar-refractivity contribution in [1.82, 2.24) is 4.31 Å². The lowest BCUT2D eigenvalue weighted by Crippen LogP contribution is -2.39. The number of likely N-dealkylation sites (N-methyl/N-ethyl adjacent to an activating group) is 1. The molecule has 0 aliphatic carbocycles. The molecule has 0 aromatic carbocycles. The summed E-state index contributed by atoms with van der Waals surface area (Å²) in [5, 5.41) is 9.63.